The number of amides is 2. The largest absolute Gasteiger partial charge is 0.457 e. The standard InChI is InChI=1S/C24H24N6O3/c1-27-14-15-4-8-17(9-5-15)33-18-10-6-16(7-11-18)24-28-19(22(25)31)13-21(29-24)30-12-2-3-20(30)23(26)32/h4-11,13-14,20H,2-3,12H2,1H3,(H2,25,31)(H2,26,32)/b27-14-/t20-/m0/s1. The van der Waals surface area contributed by atoms with Gasteiger partial charge in [-0.05, 0) is 66.9 Å². The Bertz CT molecular complexity index is 1190. The van der Waals surface area contributed by atoms with Crippen LogP contribution in [0.15, 0.2) is 59.6 Å². The average molecular weight is 444 g/mol. The summed E-state index contributed by atoms with van der Waals surface area (Å²) >= 11 is 0. The lowest BCUT2D eigenvalue weighted by Crippen LogP contribution is -2.41. The van der Waals surface area contributed by atoms with Crippen LogP contribution in [0.5, 0.6) is 11.5 Å². The molecule has 1 saturated heterocycles. The molecule has 0 saturated carbocycles. The minimum Gasteiger partial charge on any atom is -0.457 e. The molecular formula is C24H24N6O3. The first-order valence-corrected chi connectivity index (χ1v) is 10.5. The molecule has 9 heteroatoms. The van der Waals surface area contributed by atoms with Gasteiger partial charge < -0.3 is 21.1 Å². The molecule has 1 fully saturated rings. The Balaban J connectivity index is 1.59. The van der Waals surface area contributed by atoms with Crippen molar-refractivity contribution in [1.29, 1.82) is 0 Å². The van der Waals surface area contributed by atoms with E-state index in [0.717, 1.165) is 12.0 Å². The number of anilines is 1. The SMILES string of the molecule is C/N=C\c1ccc(Oc2ccc(-c3nc(C(N)=O)cc(N4CCC[C@H]4C(N)=O)n3)cc2)cc1. The van der Waals surface area contributed by atoms with Gasteiger partial charge in [0.25, 0.3) is 5.91 Å². The fraction of sp³-hybridized carbons (Fsp3) is 0.208. The highest BCUT2D eigenvalue weighted by atomic mass is 16.5. The highest BCUT2D eigenvalue weighted by Crippen LogP contribution is 2.28. The van der Waals surface area contributed by atoms with Crippen LogP contribution in [0.3, 0.4) is 0 Å². The van der Waals surface area contributed by atoms with E-state index in [4.69, 9.17) is 16.2 Å². The number of carbonyl (C=O) groups excluding carboxylic acids is 2. The molecule has 2 heterocycles. The van der Waals surface area contributed by atoms with Gasteiger partial charge in [-0.25, -0.2) is 9.97 Å². The molecule has 2 amide bonds. The lowest BCUT2D eigenvalue weighted by atomic mass is 10.2. The molecule has 4 rings (SSSR count). The summed E-state index contributed by atoms with van der Waals surface area (Å²) in [7, 11) is 1.72. The van der Waals surface area contributed by atoms with E-state index in [-0.39, 0.29) is 5.69 Å². The third kappa shape index (κ3) is 4.98. The van der Waals surface area contributed by atoms with E-state index in [1.165, 1.54) is 6.07 Å². The Labute approximate surface area is 191 Å². The summed E-state index contributed by atoms with van der Waals surface area (Å²) in [5, 5.41) is 0. The van der Waals surface area contributed by atoms with Crippen molar-refractivity contribution in [3.05, 3.63) is 65.9 Å². The lowest BCUT2D eigenvalue weighted by Gasteiger charge is -2.23. The number of benzene rings is 2. The molecule has 0 bridgehead atoms. The molecule has 3 aromatic rings. The van der Waals surface area contributed by atoms with Crippen LogP contribution < -0.4 is 21.1 Å². The number of primary amides is 2. The number of hydrogen-bond donors (Lipinski definition) is 2. The van der Waals surface area contributed by atoms with E-state index in [1.807, 2.05) is 24.3 Å². The second-order valence-corrected chi connectivity index (χ2v) is 7.64. The van der Waals surface area contributed by atoms with Gasteiger partial charge in [0.2, 0.25) is 5.91 Å². The molecular weight excluding hydrogens is 420 g/mol. The summed E-state index contributed by atoms with van der Waals surface area (Å²) in [6, 6.07) is 15.8. The first-order valence-electron chi connectivity index (χ1n) is 10.5. The topological polar surface area (TPSA) is 137 Å². The van der Waals surface area contributed by atoms with Crippen LogP contribution >= 0.6 is 0 Å². The maximum atomic E-state index is 11.9. The quantitative estimate of drug-likeness (QED) is 0.537. The number of ether oxygens (including phenoxy) is 1. The molecule has 0 aliphatic carbocycles. The third-order valence-electron chi connectivity index (χ3n) is 5.35. The Morgan fingerprint density at radius 2 is 1.73 bits per heavy atom. The summed E-state index contributed by atoms with van der Waals surface area (Å²) in [6.07, 6.45) is 3.21. The predicted molar refractivity (Wildman–Crippen MR) is 126 cm³/mol. The van der Waals surface area contributed by atoms with Crippen molar-refractivity contribution in [2.24, 2.45) is 16.5 Å². The van der Waals surface area contributed by atoms with Gasteiger partial charge in [-0.15, -0.1) is 0 Å². The van der Waals surface area contributed by atoms with Crippen molar-refractivity contribution < 1.29 is 14.3 Å². The summed E-state index contributed by atoms with van der Waals surface area (Å²) < 4.78 is 5.89. The monoisotopic (exact) mass is 444 g/mol. The first-order chi connectivity index (χ1) is 15.9. The van der Waals surface area contributed by atoms with Crippen LogP contribution in [0.1, 0.15) is 28.9 Å². The molecule has 1 atom stereocenters. The molecule has 0 radical (unpaired) electrons. The zero-order valence-electron chi connectivity index (χ0n) is 18.1. The van der Waals surface area contributed by atoms with Gasteiger partial charge in [0.1, 0.15) is 29.1 Å². The second-order valence-electron chi connectivity index (χ2n) is 7.64. The molecule has 1 aromatic heterocycles. The summed E-state index contributed by atoms with van der Waals surface area (Å²) in [4.78, 5) is 38.4. The van der Waals surface area contributed by atoms with E-state index < -0.39 is 17.9 Å². The summed E-state index contributed by atoms with van der Waals surface area (Å²) in [5.41, 5.74) is 12.8. The number of carbonyl (C=O) groups is 2. The fourth-order valence-electron chi connectivity index (χ4n) is 3.75. The number of rotatable bonds is 7. The molecule has 0 unspecified atom stereocenters. The summed E-state index contributed by atoms with van der Waals surface area (Å²) in [5.74, 6) is 1.00. The van der Waals surface area contributed by atoms with Crippen molar-refractivity contribution in [1.82, 2.24) is 9.97 Å². The third-order valence-corrected chi connectivity index (χ3v) is 5.35. The van der Waals surface area contributed by atoms with Crippen LogP contribution in [0.4, 0.5) is 5.82 Å². The zero-order valence-corrected chi connectivity index (χ0v) is 18.1. The number of nitrogens with two attached hydrogens (primary N) is 2. The van der Waals surface area contributed by atoms with Gasteiger partial charge >= 0.3 is 0 Å². The van der Waals surface area contributed by atoms with Crippen molar-refractivity contribution in [2.45, 2.75) is 18.9 Å². The average Bonchev–Trinajstić information content (AvgIpc) is 3.31. The van der Waals surface area contributed by atoms with Gasteiger partial charge in [0.15, 0.2) is 5.82 Å². The van der Waals surface area contributed by atoms with Gasteiger partial charge in [-0.2, -0.15) is 0 Å². The zero-order chi connectivity index (χ0) is 23.4. The molecule has 33 heavy (non-hydrogen) atoms. The smallest absolute Gasteiger partial charge is 0.267 e. The van der Waals surface area contributed by atoms with Crippen LogP contribution in [-0.4, -0.2) is 47.6 Å². The van der Waals surface area contributed by atoms with E-state index in [1.54, 1.807) is 42.4 Å². The molecule has 1 aliphatic heterocycles. The van der Waals surface area contributed by atoms with E-state index in [2.05, 4.69) is 15.0 Å². The van der Waals surface area contributed by atoms with Crippen molar-refractivity contribution in [3.63, 3.8) is 0 Å². The molecule has 168 valence electrons. The van der Waals surface area contributed by atoms with E-state index in [9.17, 15) is 9.59 Å². The summed E-state index contributed by atoms with van der Waals surface area (Å²) in [6.45, 7) is 0.609. The van der Waals surface area contributed by atoms with Crippen molar-refractivity contribution in [3.8, 4) is 22.9 Å². The van der Waals surface area contributed by atoms with Crippen molar-refractivity contribution >= 4 is 23.8 Å². The van der Waals surface area contributed by atoms with Gasteiger partial charge in [0, 0.05) is 31.4 Å². The fourth-order valence-corrected chi connectivity index (χ4v) is 3.75. The minimum atomic E-state index is -0.675. The van der Waals surface area contributed by atoms with Gasteiger partial charge in [-0.1, -0.05) is 0 Å². The normalized spacial score (nSPS) is 15.7. The van der Waals surface area contributed by atoms with Crippen LogP contribution in [0.2, 0.25) is 0 Å². The molecule has 9 nitrogen and oxygen atoms in total. The number of aliphatic imine (C=N–C) groups is 1. The Morgan fingerprint density at radius 1 is 1.06 bits per heavy atom. The first kappa shape index (κ1) is 21.9. The molecule has 4 N–H and O–H groups in total. The molecule has 0 spiro atoms. The number of nitrogens with zero attached hydrogens (tertiary/aromatic N) is 4. The number of hydrogen-bond acceptors (Lipinski definition) is 7. The maximum Gasteiger partial charge on any atom is 0.267 e. The van der Waals surface area contributed by atoms with Crippen LogP contribution in [-0.2, 0) is 4.79 Å². The van der Waals surface area contributed by atoms with Crippen LogP contribution in [0, 0.1) is 0 Å². The minimum absolute atomic E-state index is 0.0705. The number of aromatic nitrogens is 2. The highest BCUT2D eigenvalue weighted by Gasteiger charge is 2.31. The highest BCUT2D eigenvalue weighted by molar-refractivity contribution is 5.92. The van der Waals surface area contributed by atoms with E-state index in [0.29, 0.717) is 41.7 Å². The Kier molecular flexibility index (Phi) is 6.30. The van der Waals surface area contributed by atoms with Gasteiger partial charge in [-0.3, -0.25) is 14.6 Å². The van der Waals surface area contributed by atoms with Crippen molar-refractivity contribution in [2.75, 3.05) is 18.5 Å². The van der Waals surface area contributed by atoms with E-state index >= 15 is 0 Å². The maximum absolute atomic E-state index is 11.9. The van der Waals surface area contributed by atoms with Gasteiger partial charge in [0.05, 0.1) is 0 Å². The Hall–Kier alpha value is -4.27. The second kappa shape index (κ2) is 9.47. The molecule has 1 aliphatic rings. The lowest BCUT2D eigenvalue weighted by molar-refractivity contribution is -0.119. The van der Waals surface area contributed by atoms with Crippen LogP contribution in [0.25, 0.3) is 11.4 Å². The predicted octanol–water partition coefficient (Wildman–Crippen LogP) is 2.54. The molecule has 2 aromatic carbocycles. The Morgan fingerprint density at radius 3 is 2.33 bits per heavy atom.